The summed E-state index contributed by atoms with van der Waals surface area (Å²) in [5.41, 5.74) is 5.01. The number of anilines is 1. The standard InChI is InChI=1S/C17H24N2O/c1-5-18-10-15-9-17(20-12-15)11-19(4)16-7-13(2)6-14(3)8-16/h6-9,12,18H,5,10-11H2,1-4H3. The van der Waals surface area contributed by atoms with Crippen molar-refractivity contribution in [3.63, 3.8) is 0 Å². The highest BCUT2D eigenvalue weighted by molar-refractivity contribution is 5.50. The van der Waals surface area contributed by atoms with E-state index in [1.807, 2.05) is 6.26 Å². The predicted octanol–water partition coefficient (Wildman–Crippen LogP) is 3.64. The highest BCUT2D eigenvalue weighted by Gasteiger charge is 2.07. The molecule has 0 saturated heterocycles. The molecule has 1 aromatic carbocycles. The molecular weight excluding hydrogens is 248 g/mol. The lowest BCUT2D eigenvalue weighted by atomic mass is 10.1. The number of aryl methyl sites for hydroxylation is 2. The fraction of sp³-hybridized carbons (Fsp3) is 0.412. The minimum Gasteiger partial charge on any atom is -0.467 e. The van der Waals surface area contributed by atoms with Gasteiger partial charge < -0.3 is 14.6 Å². The van der Waals surface area contributed by atoms with Crippen LogP contribution in [0.4, 0.5) is 5.69 Å². The average Bonchev–Trinajstić information content (AvgIpc) is 2.82. The van der Waals surface area contributed by atoms with Gasteiger partial charge in [0.25, 0.3) is 0 Å². The second kappa shape index (κ2) is 6.62. The van der Waals surface area contributed by atoms with Crippen molar-refractivity contribution in [1.82, 2.24) is 5.32 Å². The molecule has 2 aromatic rings. The van der Waals surface area contributed by atoms with Crippen LogP contribution < -0.4 is 10.2 Å². The van der Waals surface area contributed by atoms with Gasteiger partial charge in [0.1, 0.15) is 5.76 Å². The van der Waals surface area contributed by atoms with Gasteiger partial charge in [0, 0.05) is 24.8 Å². The fourth-order valence-corrected chi connectivity index (χ4v) is 2.37. The van der Waals surface area contributed by atoms with E-state index in [1.165, 1.54) is 22.4 Å². The third-order valence-corrected chi connectivity index (χ3v) is 3.33. The van der Waals surface area contributed by atoms with E-state index in [2.05, 4.69) is 62.3 Å². The SMILES string of the molecule is CCNCc1coc(CN(C)c2cc(C)cc(C)c2)c1. The lowest BCUT2D eigenvalue weighted by Crippen LogP contribution is -2.16. The van der Waals surface area contributed by atoms with E-state index in [4.69, 9.17) is 4.42 Å². The number of hydrogen-bond acceptors (Lipinski definition) is 3. The first-order valence-corrected chi connectivity index (χ1v) is 7.15. The monoisotopic (exact) mass is 272 g/mol. The van der Waals surface area contributed by atoms with E-state index in [0.717, 1.165) is 25.4 Å². The Hall–Kier alpha value is -1.74. The van der Waals surface area contributed by atoms with E-state index < -0.39 is 0 Å². The van der Waals surface area contributed by atoms with Crippen LogP contribution in [0.5, 0.6) is 0 Å². The van der Waals surface area contributed by atoms with Crippen molar-refractivity contribution in [2.45, 2.75) is 33.9 Å². The summed E-state index contributed by atoms with van der Waals surface area (Å²) >= 11 is 0. The lowest BCUT2D eigenvalue weighted by Gasteiger charge is -2.19. The van der Waals surface area contributed by atoms with Crippen LogP contribution in [0.3, 0.4) is 0 Å². The summed E-state index contributed by atoms with van der Waals surface area (Å²) < 4.78 is 5.63. The zero-order valence-corrected chi connectivity index (χ0v) is 12.9. The first-order valence-electron chi connectivity index (χ1n) is 7.15. The van der Waals surface area contributed by atoms with Crippen LogP contribution in [0.1, 0.15) is 29.4 Å². The normalized spacial score (nSPS) is 10.8. The Kier molecular flexibility index (Phi) is 4.85. The molecule has 0 amide bonds. The van der Waals surface area contributed by atoms with E-state index in [-0.39, 0.29) is 0 Å². The molecule has 0 aliphatic carbocycles. The number of nitrogens with zero attached hydrogens (tertiary/aromatic N) is 1. The Morgan fingerprint density at radius 1 is 1.10 bits per heavy atom. The van der Waals surface area contributed by atoms with Crippen molar-refractivity contribution < 1.29 is 4.42 Å². The molecule has 0 aliphatic heterocycles. The van der Waals surface area contributed by atoms with Crippen LogP contribution in [-0.4, -0.2) is 13.6 Å². The first-order chi connectivity index (χ1) is 9.58. The van der Waals surface area contributed by atoms with E-state index in [9.17, 15) is 0 Å². The highest BCUT2D eigenvalue weighted by Crippen LogP contribution is 2.20. The number of rotatable bonds is 6. The number of benzene rings is 1. The second-order valence-electron chi connectivity index (χ2n) is 5.40. The van der Waals surface area contributed by atoms with E-state index in [1.54, 1.807) is 0 Å². The molecular formula is C17H24N2O. The molecule has 0 atom stereocenters. The smallest absolute Gasteiger partial charge is 0.123 e. The van der Waals surface area contributed by atoms with Gasteiger partial charge in [-0.05, 0) is 49.7 Å². The van der Waals surface area contributed by atoms with Crippen molar-refractivity contribution >= 4 is 5.69 Å². The molecule has 3 nitrogen and oxygen atoms in total. The van der Waals surface area contributed by atoms with Gasteiger partial charge in [0.15, 0.2) is 0 Å². The summed E-state index contributed by atoms with van der Waals surface area (Å²) in [6, 6.07) is 8.73. The third kappa shape index (κ3) is 3.87. The number of furan rings is 1. The molecule has 0 unspecified atom stereocenters. The molecule has 1 aromatic heterocycles. The van der Waals surface area contributed by atoms with Crippen LogP contribution in [0.2, 0.25) is 0 Å². The minimum atomic E-state index is 0.787. The Balaban J connectivity index is 2.03. The van der Waals surface area contributed by atoms with Crippen molar-refractivity contribution in [3.05, 3.63) is 53.0 Å². The topological polar surface area (TPSA) is 28.4 Å². The summed E-state index contributed by atoms with van der Waals surface area (Å²) in [5.74, 6) is 1.000. The van der Waals surface area contributed by atoms with Crippen LogP contribution in [0.25, 0.3) is 0 Å². The molecule has 3 heteroatoms. The molecule has 0 saturated carbocycles. The molecule has 0 bridgehead atoms. The summed E-state index contributed by atoms with van der Waals surface area (Å²) in [6.07, 6.45) is 1.84. The molecule has 108 valence electrons. The zero-order valence-electron chi connectivity index (χ0n) is 12.9. The first kappa shape index (κ1) is 14.7. The van der Waals surface area contributed by atoms with Crippen molar-refractivity contribution in [2.75, 3.05) is 18.5 Å². The van der Waals surface area contributed by atoms with Gasteiger partial charge in [0.05, 0.1) is 12.8 Å². The van der Waals surface area contributed by atoms with Crippen LogP contribution in [0.15, 0.2) is 34.9 Å². The summed E-state index contributed by atoms with van der Waals surface area (Å²) in [7, 11) is 2.10. The van der Waals surface area contributed by atoms with Gasteiger partial charge in [-0.25, -0.2) is 0 Å². The molecule has 0 aliphatic rings. The summed E-state index contributed by atoms with van der Waals surface area (Å²) in [4.78, 5) is 2.22. The van der Waals surface area contributed by atoms with Gasteiger partial charge in [-0.3, -0.25) is 0 Å². The minimum absolute atomic E-state index is 0.787. The predicted molar refractivity (Wildman–Crippen MR) is 84.1 cm³/mol. The molecule has 2 rings (SSSR count). The van der Waals surface area contributed by atoms with E-state index >= 15 is 0 Å². The van der Waals surface area contributed by atoms with Gasteiger partial charge in [-0.15, -0.1) is 0 Å². The van der Waals surface area contributed by atoms with Crippen LogP contribution >= 0.6 is 0 Å². The van der Waals surface area contributed by atoms with E-state index in [0.29, 0.717) is 0 Å². The second-order valence-corrected chi connectivity index (χ2v) is 5.40. The molecule has 0 spiro atoms. The Labute approximate surface area is 121 Å². The van der Waals surface area contributed by atoms with Crippen LogP contribution in [-0.2, 0) is 13.1 Å². The molecule has 1 N–H and O–H groups in total. The summed E-state index contributed by atoms with van der Waals surface area (Å²) in [5, 5.41) is 3.30. The quantitative estimate of drug-likeness (QED) is 0.870. The Bertz CT molecular complexity index is 540. The van der Waals surface area contributed by atoms with Gasteiger partial charge in [-0.2, -0.15) is 0 Å². The molecule has 20 heavy (non-hydrogen) atoms. The van der Waals surface area contributed by atoms with Gasteiger partial charge in [-0.1, -0.05) is 13.0 Å². The van der Waals surface area contributed by atoms with Gasteiger partial charge in [0.2, 0.25) is 0 Å². The van der Waals surface area contributed by atoms with Gasteiger partial charge >= 0.3 is 0 Å². The Morgan fingerprint density at radius 3 is 2.45 bits per heavy atom. The van der Waals surface area contributed by atoms with Crippen molar-refractivity contribution in [2.24, 2.45) is 0 Å². The number of nitrogens with one attached hydrogen (secondary N) is 1. The maximum Gasteiger partial charge on any atom is 0.123 e. The third-order valence-electron chi connectivity index (χ3n) is 3.33. The highest BCUT2D eigenvalue weighted by atomic mass is 16.3. The zero-order chi connectivity index (χ0) is 14.5. The lowest BCUT2D eigenvalue weighted by molar-refractivity contribution is 0.504. The largest absolute Gasteiger partial charge is 0.467 e. The fourth-order valence-electron chi connectivity index (χ4n) is 2.37. The maximum absolute atomic E-state index is 5.63. The molecule has 0 radical (unpaired) electrons. The number of hydrogen-bond donors (Lipinski definition) is 1. The molecule has 0 fully saturated rings. The average molecular weight is 272 g/mol. The Morgan fingerprint density at radius 2 is 1.80 bits per heavy atom. The molecule has 1 heterocycles. The van der Waals surface area contributed by atoms with Crippen molar-refractivity contribution in [3.8, 4) is 0 Å². The van der Waals surface area contributed by atoms with Crippen LogP contribution in [0, 0.1) is 13.8 Å². The van der Waals surface area contributed by atoms with Crippen molar-refractivity contribution in [1.29, 1.82) is 0 Å². The maximum atomic E-state index is 5.63. The summed E-state index contributed by atoms with van der Waals surface area (Å²) in [6.45, 7) is 9.00.